The minimum atomic E-state index is -0.374. The number of hydrogen-bond donors (Lipinski definition) is 2. The molecule has 2 aromatic carbocycles. The van der Waals surface area contributed by atoms with Crippen LogP contribution in [0.2, 0.25) is 5.02 Å². The molecule has 190 valence electrons. The first-order chi connectivity index (χ1) is 17.4. The van der Waals surface area contributed by atoms with Gasteiger partial charge in [0, 0.05) is 42.8 Å². The van der Waals surface area contributed by atoms with Crippen LogP contribution in [-0.4, -0.2) is 49.1 Å². The Morgan fingerprint density at radius 1 is 1.11 bits per heavy atom. The number of benzene rings is 2. The number of fused-ring (bicyclic) bond motifs is 1. The molecule has 2 N–H and O–H groups in total. The summed E-state index contributed by atoms with van der Waals surface area (Å²) in [6.45, 7) is 4.58. The summed E-state index contributed by atoms with van der Waals surface area (Å²) in [5.41, 5.74) is 1.28. The summed E-state index contributed by atoms with van der Waals surface area (Å²) in [5.74, 6) is 0.532. The smallest absolute Gasteiger partial charge is 0.287 e. The lowest BCUT2D eigenvalue weighted by Crippen LogP contribution is -2.44. The summed E-state index contributed by atoms with van der Waals surface area (Å²) in [5, 5.41) is 7.24. The first-order valence-corrected chi connectivity index (χ1v) is 13.5. The highest BCUT2D eigenvalue weighted by Gasteiger charge is 2.23. The molecule has 2 aliphatic heterocycles. The molecule has 0 aliphatic carbocycles. The van der Waals surface area contributed by atoms with Crippen LogP contribution in [0.25, 0.3) is 11.0 Å². The molecule has 0 saturated carbocycles. The van der Waals surface area contributed by atoms with Gasteiger partial charge in [-0.25, -0.2) is 0 Å². The van der Waals surface area contributed by atoms with Gasteiger partial charge in [0.05, 0.1) is 9.86 Å². The number of likely N-dealkylation sites (tertiary alicyclic amines) is 1. The molecule has 2 saturated heterocycles. The lowest BCUT2D eigenvalue weighted by molar-refractivity contribution is 0.0881. The van der Waals surface area contributed by atoms with Crippen LogP contribution in [0.15, 0.2) is 56.1 Å². The third-order valence-electron chi connectivity index (χ3n) is 6.82. The van der Waals surface area contributed by atoms with Crippen molar-refractivity contribution in [1.29, 1.82) is 0 Å². The van der Waals surface area contributed by atoms with E-state index in [9.17, 15) is 9.59 Å². The first kappa shape index (κ1) is 25.3. The molecule has 3 heterocycles. The van der Waals surface area contributed by atoms with Crippen LogP contribution in [0.3, 0.4) is 0 Å². The molecule has 0 atom stereocenters. The van der Waals surface area contributed by atoms with Crippen molar-refractivity contribution in [3.63, 3.8) is 0 Å². The molecule has 7 nitrogen and oxygen atoms in total. The summed E-state index contributed by atoms with van der Waals surface area (Å²) in [4.78, 5) is 27.5. The molecule has 0 bridgehead atoms. The molecule has 9 heteroatoms. The van der Waals surface area contributed by atoms with E-state index in [2.05, 4.69) is 49.7 Å². The molecule has 2 fully saturated rings. The number of piperidine rings is 2. The van der Waals surface area contributed by atoms with Crippen LogP contribution >= 0.6 is 27.5 Å². The molecule has 0 unspecified atom stereocenters. The van der Waals surface area contributed by atoms with Crippen LogP contribution in [0.4, 0.5) is 0 Å². The zero-order valence-electron chi connectivity index (χ0n) is 19.9. The second kappa shape index (κ2) is 11.3. The average Bonchev–Trinajstić information content (AvgIpc) is 2.87. The van der Waals surface area contributed by atoms with E-state index in [0.29, 0.717) is 16.0 Å². The fourth-order valence-corrected chi connectivity index (χ4v) is 5.50. The number of halogens is 2. The van der Waals surface area contributed by atoms with Gasteiger partial charge < -0.3 is 19.8 Å². The fourth-order valence-electron chi connectivity index (χ4n) is 4.82. The lowest BCUT2D eigenvalue weighted by Gasteiger charge is -2.32. The van der Waals surface area contributed by atoms with Gasteiger partial charge in [0.1, 0.15) is 17.4 Å². The van der Waals surface area contributed by atoms with Gasteiger partial charge in [0.15, 0.2) is 11.2 Å². The monoisotopic (exact) mass is 573 g/mol. The molecule has 36 heavy (non-hydrogen) atoms. The Kier molecular flexibility index (Phi) is 7.96. The third-order valence-corrected chi connectivity index (χ3v) is 7.67. The zero-order valence-corrected chi connectivity index (χ0v) is 22.2. The maximum atomic E-state index is 12.8. The van der Waals surface area contributed by atoms with Gasteiger partial charge in [-0.1, -0.05) is 17.7 Å². The van der Waals surface area contributed by atoms with Gasteiger partial charge in [-0.2, -0.15) is 0 Å². The van der Waals surface area contributed by atoms with E-state index in [0.717, 1.165) is 68.6 Å². The van der Waals surface area contributed by atoms with Gasteiger partial charge in [0.25, 0.3) is 5.91 Å². The average molecular weight is 575 g/mol. The number of carbonyl (C=O) groups excluding carboxylic acids is 1. The number of amides is 1. The predicted octanol–water partition coefficient (Wildman–Crippen LogP) is 4.73. The third kappa shape index (κ3) is 6.11. The van der Waals surface area contributed by atoms with E-state index in [1.54, 1.807) is 18.2 Å². The molecule has 2 aliphatic rings. The molecular weight excluding hydrogens is 546 g/mol. The SMILES string of the molecule is O=C(NC1CCN(Cc2ccc(OC3CCNCC3)c(Br)c2)CC1)c1cc(=O)c2ccc(Cl)cc2o1. The van der Waals surface area contributed by atoms with Gasteiger partial charge >= 0.3 is 0 Å². The molecule has 0 radical (unpaired) electrons. The molecule has 1 amide bonds. The Labute approximate surface area is 223 Å². The normalized spacial score (nSPS) is 17.8. The van der Waals surface area contributed by atoms with Crippen LogP contribution in [-0.2, 0) is 6.54 Å². The van der Waals surface area contributed by atoms with Gasteiger partial charge in [0.2, 0.25) is 0 Å². The second-order valence-electron chi connectivity index (χ2n) is 9.47. The van der Waals surface area contributed by atoms with E-state index < -0.39 is 0 Å². The highest BCUT2D eigenvalue weighted by atomic mass is 79.9. The summed E-state index contributed by atoms with van der Waals surface area (Å²) in [7, 11) is 0. The van der Waals surface area contributed by atoms with Crippen LogP contribution in [0, 0.1) is 0 Å². The van der Waals surface area contributed by atoms with Crippen molar-refractivity contribution < 1.29 is 13.9 Å². The van der Waals surface area contributed by atoms with E-state index >= 15 is 0 Å². The number of rotatable bonds is 6. The number of nitrogens with one attached hydrogen (secondary N) is 2. The topological polar surface area (TPSA) is 83.8 Å². The zero-order chi connectivity index (χ0) is 25.1. The van der Waals surface area contributed by atoms with E-state index in [4.69, 9.17) is 20.8 Å². The van der Waals surface area contributed by atoms with Crippen molar-refractivity contribution in [2.24, 2.45) is 0 Å². The van der Waals surface area contributed by atoms with Crippen LogP contribution in [0.5, 0.6) is 5.75 Å². The highest BCUT2D eigenvalue weighted by molar-refractivity contribution is 9.10. The van der Waals surface area contributed by atoms with Gasteiger partial charge in [-0.05, 0) is 84.5 Å². The number of carbonyl (C=O) groups is 1. The van der Waals surface area contributed by atoms with Crippen molar-refractivity contribution >= 4 is 44.4 Å². The maximum absolute atomic E-state index is 12.8. The molecule has 3 aromatic rings. The number of nitrogens with zero attached hydrogens (tertiary/aromatic N) is 1. The Balaban J connectivity index is 1.13. The molecule has 1 aromatic heterocycles. The lowest BCUT2D eigenvalue weighted by atomic mass is 10.0. The maximum Gasteiger partial charge on any atom is 0.287 e. The fraction of sp³-hybridized carbons (Fsp3) is 0.407. The van der Waals surface area contributed by atoms with Crippen LogP contribution < -0.4 is 20.8 Å². The standard InChI is InChI=1S/C27H29BrClN3O4/c28-22-13-17(1-4-24(22)35-20-5-9-30-10-6-20)16-32-11-7-19(8-12-32)31-27(34)26-15-23(33)21-3-2-18(29)14-25(21)36-26/h1-4,13-15,19-20,30H,5-12,16H2,(H,31,34). The minimum Gasteiger partial charge on any atom is -0.489 e. The predicted molar refractivity (Wildman–Crippen MR) is 144 cm³/mol. The van der Waals surface area contributed by atoms with Crippen molar-refractivity contribution in [3.05, 3.63) is 73.5 Å². The van der Waals surface area contributed by atoms with E-state index in [-0.39, 0.29) is 29.2 Å². The Morgan fingerprint density at radius 2 is 1.89 bits per heavy atom. The number of hydrogen-bond acceptors (Lipinski definition) is 6. The summed E-state index contributed by atoms with van der Waals surface area (Å²) in [6.07, 6.45) is 3.98. The van der Waals surface area contributed by atoms with Crippen molar-refractivity contribution in [2.45, 2.75) is 44.4 Å². The van der Waals surface area contributed by atoms with Crippen molar-refractivity contribution in [1.82, 2.24) is 15.5 Å². The Hall–Kier alpha value is -2.39. The molecule has 5 rings (SSSR count). The van der Waals surface area contributed by atoms with Crippen LogP contribution in [0.1, 0.15) is 41.8 Å². The molecular formula is C27H29BrClN3O4. The second-order valence-corrected chi connectivity index (χ2v) is 10.8. The highest BCUT2D eigenvalue weighted by Crippen LogP contribution is 2.29. The summed E-state index contributed by atoms with van der Waals surface area (Å²) in [6, 6.07) is 12.4. The first-order valence-electron chi connectivity index (χ1n) is 12.4. The van der Waals surface area contributed by atoms with Gasteiger partial charge in [-0.3, -0.25) is 14.5 Å². The number of ether oxygens (including phenoxy) is 1. The largest absolute Gasteiger partial charge is 0.489 e. The van der Waals surface area contributed by atoms with E-state index in [1.165, 1.54) is 11.6 Å². The molecule has 0 spiro atoms. The van der Waals surface area contributed by atoms with Crippen molar-refractivity contribution in [2.75, 3.05) is 26.2 Å². The van der Waals surface area contributed by atoms with Crippen molar-refractivity contribution in [3.8, 4) is 5.75 Å². The Morgan fingerprint density at radius 3 is 2.64 bits per heavy atom. The summed E-state index contributed by atoms with van der Waals surface area (Å²) < 4.78 is 12.8. The van der Waals surface area contributed by atoms with E-state index in [1.807, 2.05) is 0 Å². The quantitative estimate of drug-likeness (QED) is 0.443. The Bertz CT molecular complexity index is 1300. The minimum absolute atomic E-state index is 0.00819. The van der Waals surface area contributed by atoms with Gasteiger partial charge in [-0.15, -0.1) is 0 Å². The summed E-state index contributed by atoms with van der Waals surface area (Å²) >= 11 is 9.68.